The fourth-order valence-electron chi connectivity index (χ4n) is 2.45. The summed E-state index contributed by atoms with van der Waals surface area (Å²) in [6.07, 6.45) is 1.68. The first kappa shape index (κ1) is 20.3. The summed E-state index contributed by atoms with van der Waals surface area (Å²) in [5.74, 6) is 0.488. The molecule has 0 bridgehead atoms. The molecular formula is C17H25ClN2O4. The van der Waals surface area contributed by atoms with E-state index < -0.39 is 0 Å². The van der Waals surface area contributed by atoms with Crippen LogP contribution in [0.3, 0.4) is 0 Å². The maximum absolute atomic E-state index is 11.9. The van der Waals surface area contributed by atoms with Gasteiger partial charge in [-0.25, -0.2) is 4.79 Å². The van der Waals surface area contributed by atoms with Crippen molar-refractivity contribution in [2.45, 2.75) is 19.8 Å². The molecule has 1 amide bonds. The summed E-state index contributed by atoms with van der Waals surface area (Å²) in [5.41, 5.74) is 1.11. The lowest BCUT2D eigenvalue weighted by atomic mass is 10.1. The van der Waals surface area contributed by atoms with Crippen LogP contribution in [0.2, 0.25) is 0 Å². The van der Waals surface area contributed by atoms with Gasteiger partial charge in [-0.3, -0.25) is 4.79 Å². The number of carbonyl (C=O) groups is 2. The third-order valence-corrected chi connectivity index (χ3v) is 3.73. The molecule has 1 saturated heterocycles. The minimum atomic E-state index is -0.374. The number of benzene rings is 1. The van der Waals surface area contributed by atoms with Crippen molar-refractivity contribution < 1.29 is 19.1 Å². The third kappa shape index (κ3) is 6.76. The lowest BCUT2D eigenvalue weighted by Crippen LogP contribution is -2.33. The molecule has 1 aliphatic heterocycles. The molecule has 1 unspecified atom stereocenters. The van der Waals surface area contributed by atoms with Gasteiger partial charge in [-0.05, 0) is 44.0 Å². The highest BCUT2D eigenvalue weighted by Crippen LogP contribution is 2.13. The minimum absolute atomic E-state index is 0. The van der Waals surface area contributed by atoms with Gasteiger partial charge in [0.25, 0.3) is 0 Å². The van der Waals surface area contributed by atoms with Crippen molar-refractivity contribution in [1.82, 2.24) is 10.6 Å². The van der Waals surface area contributed by atoms with Gasteiger partial charge >= 0.3 is 5.97 Å². The van der Waals surface area contributed by atoms with Crippen molar-refractivity contribution >= 4 is 24.3 Å². The lowest BCUT2D eigenvalue weighted by Gasteiger charge is -2.10. The molecule has 0 spiro atoms. The van der Waals surface area contributed by atoms with E-state index in [0.717, 1.165) is 31.5 Å². The maximum Gasteiger partial charge on any atom is 0.344 e. The highest BCUT2D eigenvalue weighted by molar-refractivity contribution is 5.85. The fourth-order valence-corrected chi connectivity index (χ4v) is 2.45. The number of hydrogen-bond donors (Lipinski definition) is 2. The van der Waals surface area contributed by atoms with E-state index in [1.54, 1.807) is 6.92 Å². The molecule has 2 N–H and O–H groups in total. The Kier molecular flexibility index (Phi) is 9.19. The second-order valence-electron chi connectivity index (χ2n) is 5.47. The van der Waals surface area contributed by atoms with Crippen molar-refractivity contribution in [2.24, 2.45) is 5.92 Å². The summed E-state index contributed by atoms with van der Waals surface area (Å²) < 4.78 is 10.1. The first-order valence-electron chi connectivity index (χ1n) is 8.05. The van der Waals surface area contributed by atoms with Gasteiger partial charge in [0, 0.05) is 13.1 Å². The number of esters is 1. The van der Waals surface area contributed by atoms with Crippen LogP contribution in [0.5, 0.6) is 5.75 Å². The summed E-state index contributed by atoms with van der Waals surface area (Å²) >= 11 is 0. The highest BCUT2D eigenvalue weighted by atomic mass is 35.5. The topological polar surface area (TPSA) is 76.7 Å². The second-order valence-corrected chi connectivity index (χ2v) is 5.47. The number of amides is 1. The molecule has 1 heterocycles. The standard InChI is InChI=1S/C17H24N2O4.ClH/c1-2-22-16(20)12-23-15-5-3-13(4-6-15)7-10-19-17(21)14-8-9-18-11-14;/h3-6,14,18H,2,7-12H2,1H3,(H,19,21);1H. The van der Waals surface area contributed by atoms with Gasteiger partial charge in [-0.2, -0.15) is 0 Å². The lowest BCUT2D eigenvalue weighted by molar-refractivity contribution is -0.145. The Hall–Kier alpha value is -1.79. The van der Waals surface area contributed by atoms with Crippen LogP contribution in [0, 0.1) is 5.92 Å². The summed E-state index contributed by atoms with van der Waals surface area (Å²) in [6.45, 7) is 4.35. The van der Waals surface area contributed by atoms with Crippen molar-refractivity contribution in [1.29, 1.82) is 0 Å². The zero-order valence-corrected chi connectivity index (χ0v) is 14.7. The van der Waals surface area contributed by atoms with Crippen LogP contribution >= 0.6 is 12.4 Å². The Morgan fingerprint density at radius 3 is 2.67 bits per heavy atom. The van der Waals surface area contributed by atoms with Crippen LogP contribution in [0.4, 0.5) is 0 Å². The molecule has 0 aromatic heterocycles. The first-order chi connectivity index (χ1) is 11.2. The molecule has 1 aromatic rings. The molecule has 2 rings (SSSR count). The predicted octanol–water partition coefficient (Wildman–Crippen LogP) is 1.32. The van der Waals surface area contributed by atoms with Crippen LogP contribution in [-0.2, 0) is 20.7 Å². The Balaban J connectivity index is 0.00000288. The molecule has 1 aliphatic rings. The van der Waals surface area contributed by atoms with Crippen LogP contribution in [-0.4, -0.2) is 44.7 Å². The highest BCUT2D eigenvalue weighted by Gasteiger charge is 2.21. The molecule has 7 heteroatoms. The zero-order chi connectivity index (χ0) is 16.5. The monoisotopic (exact) mass is 356 g/mol. The number of carbonyl (C=O) groups excluding carboxylic acids is 2. The van der Waals surface area contributed by atoms with E-state index >= 15 is 0 Å². The number of nitrogens with one attached hydrogen (secondary N) is 2. The summed E-state index contributed by atoms with van der Waals surface area (Å²) in [6, 6.07) is 7.50. The minimum Gasteiger partial charge on any atom is -0.482 e. The molecule has 24 heavy (non-hydrogen) atoms. The van der Waals surface area contributed by atoms with Gasteiger partial charge in [0.1, 0.15) is 5.75 Å². The number of halogens is 1. The van der Waals surface area contributed by atoms with Crippen LogP contribution in [0.1, 0.15) is 18.9 Å². The van der Waals surface area contributed by atoms with Gasteiger partial charge < -0.3 is 20.1 Å². The SMILES string of the molecule is CCOC(=O)COc1ccc(CCNC(=O)C2CCNC2)cc1.Cl. The average Bonchev–Trinajstić information content (AvgIpc) is 3.09. The van der Waals surface area contributed by atoms with Gasteiger partial charge in [0.05, 0.1) is 12.5 Å². The van der Waals surface area contributed by atoms with E-state index in [4.69, 9.17) is 9.47 Å². The predicted molar refractivity (Wildman–Crippen MR) is 93.5 cm³/mol. The Labute approximate surface area is 148 Å². The largest absolute Gasteiger partial charge is 0.482 e. The average molecular weight is 357 g/mol. The van der Waals surface area contributed by atoms with Crippen LogP contribution < -0.4 is 15.4 Å². The second kappa shape index (κ2) is 10.9. The van der Waals surface area contributed by atoms with Crippen molar-refractivity contribution in [3.05, 3.63) is 29.8 Å². The molecule has 1 fully saturated rings. The van der Waals surface area contributed by atoms with Crippen LogP contribution in [0.15, 0.2) is 24.3 Å². The van der Waals surface area contributed by atoms with Crippen LogP contribution in [0.25, 0.3) is 0 Å². The zero-order valence-electron chi connectivity index (χ0n) is 13.9. The van der Waals surface area contributed by atoms with E-state index in [-0.39, 0.29) is 36.8 Å². The third-order valence-electron chi connectivity index (χ3n) is 3.73. The van der Waals surface area contributed by atoms with E-state index in [1.807, 2.05) is 24.3 Å². The van der Waals surface area contributed by atoms with Gasteiger partial charge in [0.15, 0.2) is 6.61 Å². The van der Waals surface area contributed by atoms with Gasteiger partial charge in [-0.1, -0.05) is 12.1 Å². The molecule has 1 aromatic carbocycles. The molecule has 6 nitrogen and oxygen atoms in total. The Bertz CT molecular complexity index is 516. The van der Waals surface area contributed by atoms with Gasteiger partial charge in [0.2, 0.25) is 5.91 Å². The maximum atomic E-state index is 11.9. The van der Waals surface area contributed by atoms with Crippen molar-refractivity contribution in [3.8, 4) is 5.75 Å². The number of hydrogen-bond acceptors (Lipinski definition) is 5. The molecular weight excluding hydrogens is 332 g/mol. The quantitative estimate of drug-likeness (QED) is 0.687. The normalized spacial score (nSPS) is 16.1. The number of ether oxygens (including phenoxy) is 2. The molecule has 0 radical (unpaired) electrons. The van der Waals surface area contributed by atoms with Gasteiger partial charge in [-0.15, -0.1) is 12.4 Å². The smallest absolute Gasteiger partial charge is 0.344 e. The van der Waals surface area contributed by atoms with E-state index in [1.165, 1.54) is 0 Å². The fraction of sp³-hybridized carbons (Fsp3) is 0.529. The van der Waals surface area contributed by atoms with Crippen molar-refractivity contribution in [2.75, 3.05) is 32.8 Å². The molecule has 0 aliphatic carbocycles. The molecule has 134 valence electrons. The van der Waals surface area contributed by atoms with Crippen molar-refractivity contribution in [3.63, 3.8) is 0 Å². The Morgan fingerprint density at radius 1 is 1.29 bits per heavy atom. The summed E-state index contributed by atoms with van der Waals surface area (Å²) in [5, 5.41) is 6.16. The van der Waals surface area contributed by atoms with E-state index in [0.29, 0.717) is 18.9 Å². The number of rotatable bonds is 8. The Morgan fingerprint density at radius 2 is 2.04 bits per heavy atom. The molecule has 1 atom stereocenters. The summed E-state index contributed by atoms with van der Waals surface area (Å²) in [7, 11) is 0. The van der Waals surface area contributed by atoms with E-state index in [2.05, 4.69) is 10.6 Å². The first-order valence-corrected chi connectivity index (χ1v) is 8.05. The van der Waals surface area contributed by atoms with E-state index in [9.17, 15) is 9.59 Å². The summed E-state index contributed by atoms with van der Waals surface area (Å²) in [4.78, 5) is 23.1. The molecule has 0 saturated carbocycles.